The van der Waals surface area contributed by atoms with Crippen molar-refractivity contribution in [3.05, 3.63) is 48.5 Å². The highest BCUT2D eigenvalue weighted by molar-refractivity contribution is 7.21. The summed E-state index contributed by atoms with van der Waals surface area (Å²) in [5, 5.41) is 1.88. The molecule has 0 aliphatic rings. The van der Waals surface area contributed by atoms with Crippen LogP contribution in [0.15, 0.2) is 48.5 Å². The molecule has 2 heterocycles. The van der Waals surface area contributed by atoms with E-state index < -0.39 is 16.1 Å². The largest absolute Gasteiger partial charge is 1.00 e. The number of anilines is 2. The summed E-state index contributed by atoms with van der Waals surface area (Å²) in [6, 6.07) is 19.9. The summed E-state index contributed by atoms with van der Waals surface area (Å²) in [7, 11) is -2.81. The minimum atomic E-state index is -1.41. The first-order valence-electron chi connectivity index (χ1n) is 11.0. The molecule has 4 nitrogen and oxygen atoms in total. The van der Waals surface area contributed by atoms with Crippen molar-refractivity contribution in [1.82, 2.24) is 0 Å². The molecule has 2 aromatic heterocycles. The van der Waals surface area contributed by atoms with E-state index in [1.807, 2.05) is 0 Å². The molecule has 0 fully saturated rings. The van der Waals surface area contributed by atoms with Crippen LogP contribution in [0.2, 0.25) is 38.3 Å². The molecule has 0 saturated carbocycles. The van der Waals surface area contributed by atoms with Crippen LogP contribution in [0.4, 0.5) is 10.3 Å². The predicted octanol–water partition coefficient (Wildman–Crippen LogP) is -0.551. The molecule has 2 aromatic carbocycles. The molecule has 10 heteroatoms. The smallest absolute Gasteiger partial charge is 0.332 e. The second-order valence-corrected chi connectivity index (χ2v) is 22.6. The number of para-hydroxylation sites is 2. The van der Waals surface area contributed by atoms with Gasteiger partial charge in [0.15, 0.2) is 0 Å². The zero-order valence-electron chi connectivity index (χ0n) is 19.8. The highest BCUT2D eigenvalue weighted by Crippen LogP contribution is 2.26. The van der Waals surface area contributed by atoms with E-state index in [2.05, 4.69) is 83.9 Å². The van der Waals surface area contributed by atoms with Gasteiger partial charge in [0.2, 0.25) is 0 Å². The summed E-state index contributed by atoms with van der Waals surface area (Å²) >= 11 is 3.42. The molecule has 33 heavy (non-hydrogen) atoms. The maximum Gasteiger partial charge on any atom is 0.332 e. The highest BCUT2D eigenvalue weighted by Gasteiger charge is 2.31. The Hall–Kier alpha value is -0.286. The molecule has 180 valence electrons. The molecular weight excluding hydrogens is 706 g/mol. The number of thiazole rings is 2. The first kappa shape index (κ1) is 28.9. The van der Waals surface area contributed by atoms with Crippen molar-refractivity contribution in [2.24, 2.45) is 0 Å². The van der Waals surface area contributed by atoms with Crippen molar-refractivity contribution in [3.63, 3.8) is 0 Å². The number of rotatable bonds is 8. The van der Waals surface area contributed by atoms with Crippen LogP contribution < -0.4 is 68.6 Å². The number of hydrogen-bond acceptors (Lipinski definition) is 4. The Kier molecular flexibility index (Phi) is 10.2. The minimum absolute atomic E-state index is 0. The van der Waals surface area contributed by atoms with Crippen molar-refractivity contribution >= 4 is 69.5 Å². The van der Waals surface area contributed by atoms with E-state index in [-0.39, 0.29) is 48.0 Å². The third-order valence-electron chi connectivity index (χ3n) is 6.15. The van der Waals surface area contributed by atoms with Gasteiger partial charge in [-0.15, -0.1) is 0 Å². The Balaban J connectivity index is 0.00000193. The van der Waals surface area contributed by atoms with Gasteiger partial charge in [0.05, 0.1) is 37.9 Å². The lowest BCUT2D eigenvalue weighted by Gasteiger charge is -2.24. The van der Waals surface area contributed by atoms with Crippen LogP contribution in [0.1, 0.15) is 6.42 Å². The van der Waals surface area contributed by atoms with E-state index >= 15 is 0 Å². The quantitative estimate of drug-likeness (QED) is 0.145. The molecule has 4 aromatic rings. The molecule has 4 rings (SSSR count). The van der Waals surface area contributed by atoms with E-state index in [9.17, 15) is 0 Å². The van der Waals surface area contributed by atoms with Crippen molar-refractivity contribution in [2.45, 2.75) is 57.0 Å². The fraction of sp³-hybridized carbons (Fsp3) is 0.391. The number of fused-ring (bicyclic) bond motifs is 2. The molecular formula is C23H34I2N4S2Si2. The Morgan fingerprint density at radius 2 is 1.03 bits per heavy atom. The second-order valence-electron chi connectivity index (χ2n) is 10.2. The van der Waals surface area contributed by atoms with Crippen molar-refractivity contribution in [3.8, 4) is 0 Å². The molecule has 4 N–H and O–H groups in total. The number of halogens is 2. The average molecular weight is 741 g/mol. The molecule has 0 bridgehead atoms. The number of nitrogen functional groups attached to an aromatic ring is 2. The SMILES string of the molecule is C[Si](C)(CCC[Si](C)(C)C[n+]1c(N)sc2ccccc21)C[n+]1c(N)sc2ccccc21.[I-].[I-]. The zero-order chi connectivity index (χ0) is 22.2. The van der Waals surface area contributed by atoms with Gasteiger partial charge < -0.3 is 48.0 Å². The van der Waals surface area contributed by atoms with Crippen molar-refractivity contribution in [2.75, 3.05) is 11.5 Å². The van der Waals surface area contributed by atoms with Crippen molar-refractivity contribution in [1.29, 1.82) is 0 Å². The second kappa shape index (κ2) is 11.6. The van der Waals surface area contributed by atoms with E-state index in [1.54, 1.807) is 22.7 Å². The Morgan fingerprint density at radius 3 is 1.42 bits per heavy atom. The molecule has 0 spiro atoms. The van der Waals surface area contributed by atoms with Gasteiger partial charge in [0.25, 0.3) is 0 Å². The average Bonchev–Trinajstić information content (AvgIpc) is 3.17. The third-order valence-corrected chi connectivity index (χ3v) is 13.9. The lowest BCUT2D eigenvalue weighted by atomic mass is 10.3. The van der Waals surface area contributed by atoms with Crippen molar-refractivity contribution < 1.29 is 57.1 Å². The fourth-order valence-corrected chi connectivity index (χ4v) is 11.9. The van der Waals surface area contributed by atoms with Gasteiger partial charge in [-0.05, 0) is 46.9 Å². The summed E-state index contributed by atoms with van der Waals surface area (Å²) < 4.78 is 7.30. The zero-order valence-corrected chi connectivity index (χ0v) is 27.7. The van der Waals surface area contributed by atoms with E-state index in [4.69, 9.17) is 11.5 Å². The summed E-state index contributed by atoms with van der Waals surface area (Å²) in [5.74, 6) is 0. The van der Waals surface area contributed by atoms with E-state index in [1.165, 1.54) is 38.9 Å². The van der Waals surface area contributed by atoms with Crippen LogP contribution in [0.25, 0.3) is 20.4 Å². The summed E-state index contributed by atoms with van der Waals surface area (Å²) in [6.07, 6.45) is 3.51. The van der Waals surface area contributed by atoms with Gasteiger partial charge >= 0.3 is 10.3 Å². The molecule has 0 unspecified atom stereocenters. The first-order valence-corrected chi connectivity index (χ1v) is 19.5. The molecule has 0 amide bonds. The predicted molar refractivity (Wildman–Crippen MR) is 142 cm³/mol. The van der Waals surface area contributed by atoms with Crippen LogP contribution in [-0.2, 0) is 12.3 Å². The lowest BCUT2D eigenvalue weighted by molar-refractivity contribution is -0.636. The van der Waals surface area contributed by atoms with Crippen LogP contribution in [0.5, 0.6) is 0 Å². The number of aromatic nitrogens is 2. The molecule has 0 aliphatic carbocycles. The molecule has 0 aliphatic heterocycles. The molecule has 0 saturated heterocycles. The third kappa shape index (κ3) is 6.90. The molecule has 0 atom stereocenters. The minimum Gasteiger partial charge on any atom is -1.00 e. The van der Waals surface area contributed by atoms with Crippen LogP contribution >= 0.6 is 22.7 Å². The number of nitrogens with zero attached hydrogens (tertiary/aromatic N) is 2. The maximum atomic E-state index is 6.39. The normalized spacial score (nSPS) is 12.0. The highest BCUT2D eigenvalue weighted by atomic mass is 127. The Labute approximate surface area is 241 Å². The van der Waals surface area contributed by atoms with Gasteiger partial charge in [-0.1, -0.05) is 69.0 Å². The summed E-state index contributed by atoms with van der Waals surface area (Å²) in [6.45, 7) is 10.1. The Bertz CT molecular complexity index is 1130. The van der Waals surface area contributed by atoms with Crippen LogP contribution in [0.3, 0.4) is 0 Å². The van der Waals surface area contributed by atoms with Gasteiger partial charge in [-0.2, -0.15) is 0 Å². The standard InChI is InChI=1S/C23H32N4S2Si2.2HI/c1-30(2,16-26-18-10-5-7-12-20(18)28-22(26)24)14-9-15-31(3,4)17-27-19-11-6-8-13-21(19)29-23(27)25;;/h5-8,10-13,24-25H,9,14-17H2,1-4H3;2*1H. The number of benzene rings is 2. The van der Waals surface area contributed by atoms with Gasteiger partial charge in [-0.25, -0.2) is 9.13 Å². The summed E-state index contributed by atoms with van der Waals surface area (Å²) in [5.41, 5.74) is 15.4. The van der Waals surface area contributed by atoms with Gasteiger partial charge in [-0.3, -0.25) is 11.5 Å². The van der Waals surface area contributed by atoms with Crippen LogP contribution in [0, 0.1) is 0 Å². The van der Waals surface area contributed by atoms with Gasteiger partial charge in [0.1, 0.15) is 11.0 Å². The van der Waals surface area contributed by atoms with Crippen LogP contribution in [-0.4, -0.2) is 16.1 Å². The summed E-state index contributed by atoms with van der Waals surface area (Å²) in [4.78, 5) is 0. The topological polar surface area (TPSA) is 59.8 Å². The first-order chi connectivity index (χ1) is 14.7. The van der Waals surface area contributed by atoms with E-state index in [0.717, 1.165) is 22.6 Å². The fourth-order valence-electron chi connectivity index (χ4n) is 4.49. The Morgan fingerprint density at radius 1 is 0.667 bits per heavy atom. The number of nitrogens with two attached hydrogens (primary N) is 2. The maximum absolute atomic E-state index is 6.39. The molecule has 0 radical (unpaired) electrons. The number of hydrogen-bond donors (Lipinski definition) is 2. The van der Waals surface area contributed by atoms with Gasteiger partial charge in [0, 0.05) is 0 Å². The monoisotopic (exact) mass is 740 g/mol. The van der Waals surface area contributed by atoms with E-state index in [0.29, 0.717) is 0 Å². The lowest BCUT2D eigenvalue weighted by Crippen LogP contribution is -3.00.